The molecule has 1 fully saturated rings. The maximum absolute atomic E-state index is 12.8. The molecule has 1 aliphatic carbocycles. The minimum atomic E-state index is 0.221. The van der Waals surface area contributed by atoms with Gasteiger partial charge in [0.1, 0.15) is 0 Å². The molecule has 0 radical (unpaired) electrons. The lowest BCUT2D eigenvalue weighted by Gasteiger charge is -2.30. The van der Waals surface area contributed by atoms with Crippen molar-refractivity contribution < 1.29 is 4.79 Å². The molecule has 1 aliphatic heterocycles. The van der Waals surface area contributed by atoms with Crippen molar-refractivity contribution in [2.45, 2.75) is 32.1 Å². The Kier molecular flexibility index (Phi) is 4.20. The van der Waals surface area contributed by atoms with E-state index in [0.717, 1.165) is 31.5 Å². The maximum Gasteiger partial charge on any atom is 0.167 e. The van der Waals surface area contributed by atoms with Gasteiger partial charge >= 0.3 is 0 Å². The smallest absolute Gasteiger partial charge is 0.167 e. The Morgan fingerprint density at radius 3 is 2.38 bits per heavy atom. The Hall–Kier alpha value is -2.35. The van der Waals surface area contributed by atoms with Gasteiger partial charge in [-0.2, -0.15) is 0 Å². The number of carbonyl (C=O) groups is 1. The van der Waals surface area contributed by atoms with Crippen LogP contribution in [0.15, 0.2) is 60.3 Å². The van der Waals surface area contributed by atoms with Crippen LogP contribution in [0.4, 0.5) is 0 Å². The molecule has 0 unspecified atom stereocenters. The number of fused-ring (bicyclic) bond motifs is 1. The summed E-state index contributed by atoms with van der Waals surface area (Å²) in [5, 5.41) is 0. The van der Waals surface area contributed by atoms with Crippen LogP contribution < -0.4 is 0 Å². The number of hydrogen-bond donors (Lipinski definition) is 0. The Morgan fingerprint density at radius 2 is 1.58 bits per heavy atom. The number of rotatable bonds is 4. The van der Waals surface area contributed by atoms with E-state index >= 15 is 0 Å². The van der Waals surface area contributed by atoms with Gasteiger partial charge in [-0.1, -0.05) is 54.6 Å². The summed E-state index contributed by atoms with van der Waals surface area (Å²) in [6.07, 6.45) is 5.20. The normalized spacial score (nSPS) is 17.1. The molecule has 122 valence electrons. The van der Waals surface area contributed by atoms with Gasteiger partial charge in [0.05, 0.1) is 0 Å². The average molecular weight is 317 g/mol. The molecule has 0 saturated carbocycles. The summed E-state index contributed by atoms with van der Waals surface area (Å²) in [4.78, 5) is 15.3. The molecule has 2 aromatic carbocycles. The number of Topliss-reactive ketones (excluding diaryl/α,β-unsaturated/α-hetero) is 1. The quantitative estimate of drug-likeness (QED) is 0.761. The summed E-state index contributed by atoms with van der Waals surface area (Å²) >= 11 is 0. The molecule has 2 nitrogen and oxygen atoms in total. The van der Waals surface area contributed by atoms with E-state index in [1.54, 1.807) is 0 Å². The molecule has 0 atom stereocenters. The summed E-state index contributed by atoms with van der Waals surface area (Å²) in [6, 6.07) is 18.3. The van der Waals surface area contributed by atoms with Gasteiger partial charge in [0.15, 0.2) is 5.78 Å². The Morgan fingerprint density at radius 1 is 0.875 bits per heavy atom. The fourth-order valence-electron chi connectivity index (χ4n) is 4.01. The predicted octanol–water partition coefficient (Wildman–Crippen LogP) is 4.71. The highest BCUT2D eigenvalue weighted by Crippen LogP contribution is 2.37. The summed E-state index contributed by atoms with van der Waals surface area (Å²) < 4.78 is 0. The molecule has 0 spiro atoms. The third kappa shape index (κ3) is 2.89. The van der Waals surface area contributed by atoms with Crippen LogP contribution >= 0.6 is 0 Å². The van der Waals surface area contributed by atoms with Gasteiger partial charge in [-0.05, 0) is 42.4 Å². The van der Waals surface area contributed by atoms with Gasteiger partial charge in [-0.25, -0.2) is 0 Å². The van der Waals surface area contributed by atoms with Gasteiger partial charge < -0.3 is 4.90 Å². The number of ketones is 1. The van der Waals surface area contributed by atoms with Crippen LogP contribution in [-0.2, 0) is 6.42 Å². The van der Waals surface area contributed by atoms with E-state index in [-0.39, 0.29) is 5.78 Å². The number of carbonyl (C=O) groups excluding carboxylic acids is 1. The van der Waals surface area contributed by atoms with Gasteiger partial charge in [0.25, 0.3) is 0 Å². The van der Waals surface area contributed by atoms with Crippen LogP contribution in [0.2, 0.25) is 0 Å². The molecular weight excluding hydrogens is 294 g/mol. The molecule has 0 bridgehead atoms. The third-order valence-electron chi connectivity index (χ3n) is 5.24. The lowest BCUT2D eigenvalue weighted by molar-refractivity contribution is 0.0997. The molecule has 0 N–H and O–H groups in total. The van der Waals surface area contributed by atoms with Crippen molar-refractivity contribution in [3.63, 3.8) is 0 Å². The highest BCUT2D eigenvalue weighted by atomic mass is 16.1. The highest BCUT2D eigenvalue weighted by molar-refractivity contribution is 6.03. The van der Waals surface area contributed by atoms with Crippen molar-refractivity contribution >= 4 is 11.4 Å². The standard InChI is InChI=1S/C22H23NO/c24-22(18-9-2-1-3-10-18)16-20-19-11-5-4-8-17(19)12-13-21(20)23-14-6-7-15-23/h1-5,8-11H,6-7,12-16H2. The zero-order valence-electron chi connectivity index (χ0n) is 14.0. The highest BCUT2D eigenvalue weighted by Gasteiger charge is 2.26. The van der Waals surface area contributed by atoms with E-state index in [1.807, 2.05) is 30.3 Å². The van der Waals surface area contributed by atoms with E-state index in [9.17, 15) is 4.79 Å². The van der Waals surface area contributed by atoms with E-state index in [2.05, 4.69) is 29.2 Å². The Balaban J connectivity index is 1.72. The molecule has 2 aliphatic rings. The van der Waals surface area contributed by atoms with Crippen molar-refractivity contribution in [2.75, 3.05) is 13.1 Å². The van der Waals surface area contributed by atoms with Crippen LogP contribution in [0.5, 0.6) is 0 Å². The number of aryl methyl sites for hydroxylation is 1. The lowest BCUT2D eigenvalue weighted by Crippen LogP contribution is -2.24. The minimum absolute atomic E-state index is 0.221. The van der Waals surface area contributed by atoms with Crippen molar-refractivity contribution in [1.29, 1.82) is 0 Å². The number of nitrogens with zero attached hydrogens (tertiary/aromatic N) is 1. The van der Waals surface area contributed by atoms with E-state index in [1.165, 1.54) is 35.2 Å². The van der Waals surface area contributed by atoms with Crippen LogP contribution in [0.1, 0.15) is 47.2 Å². The first-order chi connectivity index (χ1) is 11.8. The molecule has 0 amide bonds. The van der Waals surface area contributed by atoms with Crippen LogP contribution in [-0.4, -0.2) is 23.8 Å². The van der Waals surface area contributed by atoms with Crippen molar-refractivity contribution in [1.82, 2.24) is 4.90 Å². The zero-order chi connectivity index (χ0) is 16.4. The average Bonchev–Trinajstić information content (AvgIpc) is 3.17. The third-order valence-corrected chi connectivity index (χ3v) is 5.24. The molecule has 1 heterocycles. The van der Waals surface area contributed by atoms with E-state index < -0.39 is 0 Å². The summed E-state index contributed by atoms with van der Waals surface area (Å²) in [6.45, 7) is 2.28. The number of likely N-dealkylation sites (tertiary alicyclic amines) is 1. The second-order valence-electron chi connectivity index (χ2n) is 6.74. The Bertz CT molecular complexity index is 770. The number of hydrogen-bond acceptors (Lipinski definition) is 2. The second-order valence-corrected chi connectivity index (χ2v) is 6.74. The second kappa shape index (κ2) is 6.64. The van der Waals surface area contributed by atoms with Gasteiger partial charge in [0.2, 0.25) is 0 Å². The number of benzene rings is 2. The van der Waals surface area contributed by atoms with E-state index in [4.69, 9.17) is 0 Å². The van der Waals surface area contributed by atoms with Gasteiger partial charge in [0, 0.05) is 30.8 Å². The molecule has 2 heteroatoms. The SMILES string of the molecule is O=C(CC1=C(N2CCCC2)CCc2ccccc21)c1ccccc1. The van der Waals surface area contributed by atoms with Crippen LogP contribution in [0.25, 0.3) is 5.57 Å². The van der Waals surface area contributed by atoms with Crippen molar-refractivity contribution in [2.24, 2.45) is 0 Å². The van der Waals surface area contributed by atoms with Crippen molar-refractivity contribution in [3.05, 3.63) is 77.0 Å². The lowest BCUT2D eigenvalue weighted by atomic mass is 9.85. The summed E-state index contributed by atoms with van der Waals surface area (Å²) in [5.74, 6) is 0.221. The topological polar surface area (TPSA) is 20.3 Å². The molecule has 0 aromatic heterocycles. The minimum Gasteiger partial charge on any atom is -0.375 e. The zero-order valence-corrected chi connectivity index (χ0v) is 14.0. The van der Waals surface area contributed by atoms with E-state index in [0.29, 0.717) is 6.42 Å². The first kappa shape index (κ1) is 15.2. The van der Waals surface area contributed by atoms with Gasteiger partial charge in [-0.15, -0.1) is 0 Å². The monoisotopic (exact) mass is 317 g/mol. The molecular formula is C22H23NO. The first-order valence-corrected chi connectivity index (χ1v) is 8.96. The summed E-state index contributed by atoms with van der Waals surface area (Å²) in [5.41, 5.74) is 6.16. The fourth-order valence-corrected chi connectivity index (χ4v) is 4.01. The maximum atomic E-state index is 12.8. The molecule has 2 aromatic rings. The molecule has 1 saturated heterocycles. The van der Waals surface area contributed by atoms with Gasteiger partial charge in [-0.3, -0.25) is 4.79 Å². The number of allylic oxidation sites excluding steroid dienone is 2. The largest absolute Gasteiger partial charge is 0.375 e. The van der Waals surface area contributed by atoms with Crippen LogP contribution in [0.3, 0.4) is 0 Å². The fraction of sp³-hybridized carbons (Fsp3) is 0.318. The first-order valence-electron chi connectivity index (χ1n) is 8.96. The Labute approximate surface area is 143 Å². The summed E-state index contributed by atoms with van der Waals surface area (Å²) in [7, 11) is 0. The van der Waals surface area contributed by atoms with Crippen LogP contribution in [0, 0.1) is 0 Å². The molecule has 24 heavy (non-hydrogen) atoms. The molecule has 4 rings (SSSR count). The predicted molar refractivity (Wildman–Crippen MR) is 97.9 cm³/mol. The van der Waals surface area contributed by atoms with Crippen molar-refractivity contribution in [3.8, 4) is 0 Å².